The molecule has 1 heterocycles. The summed E-state index contributed by atoms with van der Waals surface area (Å²) in [6.45, 7) is 7.61. The van der Waals surface area contributed by atoms with Crippen molar-refractivity contribution in [3.05, 3.63) is 29.8 Å². The molecule has 0 N–H and O–H groups in total. The zero-order valence-corrected chi connectivity index (χ0v) is 12.1. The fraction of sp³-hybridized carbons (Fsp3) is 0.562. The number of hydrogen-bond donors (Lipinski definition) is 0. The normalized spacial score (nSPS) is 16.6. The van der Waals surface area contributed by atoms with Gasteiger partial charge < -0.3 is 9.64 Å². The molecular formula is C16H23NO2. The summed E-state index contributed by atoms with van der Waals surface area (Å²) in [4.78, 5) is 14.7. The Kier molecular flexibility index (Phi) is 4.59. The molecule has 1 aromatic rings. The van der Waals surface area contributed by atoms with Crippen molar-refractivity contribution in [2.45, 2.75) is 39.7 Å². The molecular weight excluding hydrogens is 238 g/mol. The summed E-state index contributed by atoms with van der Waals surface area (Å²) in [5.74, 6) is 0.350. The highest BCUT2D eigenvalue weighted by Gasteiger charge is 2.29. The van der Waals surface area contributed by atoms with Crippen LogP contribution in [0, 0.1) is 12.8 Å². The molecule has 0 aliphatic carbocycles. The van der Waals surface area contributed by atoms with Crippen molar-refractivity contribution in [2.24, 2.45) is 5.92 Å². The van der Waals surface area contributed by atoms with Crippen LogP contribution in [0.25, 0.3) is 0 Å². The minimum Gasteiger partial charge on any atom is -0.381 e. The minimum absolute atomic E-state index is 0.107. The van der Waals surface area contributed by atoms with Crippen LogP contribution in [0.2, 0.25) is 0 Å². The molecule has 1 amide bonds. The van der Waals surface area contributed by atoms with Crippen molar-refractivity contribution in [1.82, 2.24) is 0 Å². The van der Waals surface area contributed by atoms with Crippen LogP contribution in [0.3, 0.4) is 0 Å². The quantitative estimate of drug-likeness (QED) is 0.836. The largest absolute Gasteiger partial charge is 0.381 e. The molecule has 0 spiro atoms. The number of amides is 1. The van der Waals surface area contributed by atoms with E-state index in [2.05, 4.69) is 26.8 Å². The van der Waals surface area contributed by atoms with Crippen molar-refractivity contribution < 1.29 is 9.53 Å². The zero-order chi connectivity index (χ0) is 13.8. The monoisotopic (exact) mass is 261 g/mol. The molecule has 0 radical (unpaired) electrons. The van der Waals surface area contributed by atoms with Crippen LogP contribution >= 0.6 is 0 Å². The van der Waals surface area contributed by atoms with Gasteiger partial charge in [-0.3, -0.25) is 4.79 Å². The zero-order valence-electron chi connectivity index (χ0n) is 12.1. The van der Waals surface area contributed by atoms with Crippen molar-refractivity contribution in [3.63, 3.8) is 0 Å². The third-order valence-corrected chi connectivity index (χ3v) is 3.70. The van der Waals surface area contributed by atoms with E-state index in [9.17, 15) is 4.79 Å². The van der Waals surface area contributed by atoms with Crippen LogP contribution in [-0.4, -0.2) is 25.2 Å². The predicted octanol–water partition coefficient (Wildman–Crippen LogP) is 3.16. The second kappa shape index (κ2) is 6.20. The minimum atomic E-state index is 0.107. The Bertz CT molecular complexity index is 436. The average molecular weight is 261 g/mol. The Morgan fingerprint density at radius 1 is 1.26 bits per heavy atom. The molecule has 2 rings (SSSR count). The summed E-state index contributed by atoms with van der Waals surface area (Å²) in [5, 5.41) is 0. The number of carbonyl (C=O) groups is 1. The Hall–Kier alpha value is -1.35. The highest BCUT2D eigenvalue weighted by molar-refractivity contribution is 5.96. The van der Waals surface area contributed by atoms with Gasteiger partial charge in [-0.25, -0.2) is 0 Å². The maximum Gasteiger partial charge on any atom is 0.230 e. The van der Waals surface area contributed by atoms with Gasteiger partial charge in [-0.15, -0.1) is 0 Å². The van der Waals surface area contributed by atoms with Crippen LogP contribution in [0.4, 0.5) is 5.69 Å². The van der Waals surface area contributed by atoms with Crippen LogP contribution in [0.5, 0.6) is 0 Å². The van der Waals surface area contributed by atoms with Crippen molar-refractivity contribution in [3.8, 4) is 0 Å². The van der Waals surface area contributed by atoms with Crippen LogP contribution < -0.4 is 4.90 Å². The number of carbonyl (C=O) groups excluding carboxylic acids is 1. The number of benzene rings is 1. The third kappa shape index (κ3) is 3.16. The van der Waals surface area contributed by atoms with Gasteiger partial charge in [0.15, 0.2) is 0 Å². The first-order valence-electron chi connectivity index (χ1n) is 7.07. The maximum atomic E-state index is 12.8. The number of nitrogens with zero attached hydrogens (tertiary/aromatic N) is 1. The molecule has 0 aromatic heterocycles. The molecule has 0 atom stereocenters. The summed E-state index contributed by atoms with van der Waals surface area (Å²) in [6.07, 6.45) is 1.68. The van der Waals surface area contributed by atoms with Crippen LogP contribution in [-0.2, 0) is 9.53 Å². The third-order valence-electron chi connectivity index (χ3n) is 3.70. The van der Waals surface area contributed by atoms with E-state index >= 15 is 0 Å². The molecule has 1 aromatic carbocycles. The van der Waals surface area contributed by atoms with Crippen molar-refractivity contribution in [1.29, 1.82) is 0 Å². The molecule has 0 bridgehead atoms. The Labute approximate surface area is 115 Å². The molecule has 3 nitrogen and oxygen atoms in total. The molecule has 104 valence electrons. The lowest BCUT2D eigenvalue weighted by Crippen LogP contribution is -2.43. The van der Waals surface area contributed by atoms with E-state index in [4.69, 9.17) is 4.74 Å². The Morgan fingerprint density at radius 3 is 2.47 bits per heavy atom. The Morgan fingerprint density at radius 2 is 1.89 bits per heavy atom. The second-order valence-corrected chi connectivity index (χ2v) is 5.48. The van der Waals surface area contributed by atoms with Gasteiger partial charge in [-0.2, -0.15) is 0 Å². The fourth-order valence-electron chi connectivity index (χ4n) is 2.63. The second-order valence-electron chi connectivity index (χ2n) is 5.48. The molecule has 19 heavy (non-hydrogen) atoms. The van der Waals surface area contributed by atoms with E-state index in [1.807, 2.05) is 23.1 Å². The van der Waals surface area contributed by atoms with E-state index in [0.29, 0.717) is 13.2 Å². The van der Waals surface area contributed by atoms with Gasteiger partial charge in [-0.1, -0.05) is 18.2 Å². The lowest BCUT2D eigenvalue weighted by atomic mass is 9.97. The van der Waals surface area contributed by atoms with Crippen molar-refractivity contribution >= 4 is 11.6 Å². The van der Waals surface area contributed by atoms with Gasteiger partial charge in [0.1, 0.15) is 0 Å². The fourth-order valence-corrected chi connectivity index (χ4v) is 2.63. The SMILES string of the molecule is Cc1ccccc1N(C(=O)C1CCOCC1)C(C)C. The van der Waals surface area contributed by atoms with E-state index in [0.717, 1.165) is 24.1 Å². The van der Waals surface area contributed by atoms with Crippen LogP contribution in [0.1, 0.15) is 32.3 Å². The predicted molar refractivity (Wildman–Crippen MR) is 77.3 cm³/mol. The van der Waals surface area contributed by atoms with Crippen LogP contribution in [0.15, 0.2) is 24.3 Å². The number of para-hydroxylation sites is 1. The Balaban J connectivity index is 2.25. The summed E-state index contributed by atoms with van der Waals surface area (Å²) >= 11 is 0. The molecule has 0 unspecified atom stereocenters. The van der Waals surface area contributed by atoms with Gasteiger partial charge in [0.25, 0.3) is 0 Å². The highest BCUT2D eigenvalue weighted by atomic mass is 16.5. The number of anilines is 1. The summed E-state index contributed by atoms with van der Waals surface area (Å²) in [5.41, 5.74) is 2.19. The molecule has 1 aliphatic rings. The van der Waals surface area contributed by atoms with Gasteiger partial charge in [0.05, 0.1) is 0 Å². The van der Waals surface area contributed by atoms with Gasteiger partial charge in [-0.05, 0) is 45.2 Å². The first-order chi connectivity index (χ1) is 9.11. The summed E-state index contributed by atoms with van der Waals surface area (Å²) in [6, 6.07) is 8.27. The summed E-state index contributed by atoms with van der Waals surface area (Å²) < 4.78 is 5.35. The first-order valence-corrected chi connectivity index (χ1v) is 7.07. The lowest BCUT2D eigenvalue weighted by Gasteiger charge is -2.33. The first kappa shape index (κ1) is 14.1. The average Bonchev–Trinajstić information content (AvgIpc) is 2.42. The number of aryl methyl sites for hydroxylation is 1. The molecule has 1 fully saturated rings. The van der Waals surface area contributed by atoms with E-state index in [-0.39, 0.29) is 17.9 Å². The highest BCUT2D eigenvalue weighted by Crippen LogP contribution is 2.26. The standard InChI is InChI=1S/C16H23NO2/c1-12(2)17(15-7-5-4-6-13(15)3)16(18)14-8-10-19-11-9-14/h4-7,12,14H,8-11H2,1-3H3. The molecule has 3 heteroatoms. The van der Waals surface area contributed by atoms with Gasteiger partial charge in [0.2, 0.25) is 5.91 Å². The van der Waals surface area contributed by atoms with E-state index in [1.165, 1.54) is 0 Å². The smallest absolute Gasteiger partial charge is 0.230 e. The van der Waals surface area contributed by atoms with E-state index < -0.39 is 0 Å². The number of ether oxygens (including phenoxy) is 1. The van der Waals surface area contributed by atoms with Crippen molar-refractivity contribution in [2.75, 3.05) is 18.1 Å². The van der Waals surface area contributed by atoms with Gasteiger partial charge >= 0.3 is 0 Å². The number of hydrogen-bond acceptors (Lipinski definition) is 2. The maximum absolute atomic E-state index is 12.8. The molecule has 1 aliphatic heterocycles. The van der Waals surface area contributed by atoms with Gasteiger partial charge in [0, 0.05) is 30.9 Å². The molecule has 0 saturated carbocycles. The number of rotatable bonds is 3. The topological polar surface area (TPSA) is 29.5 Å². The lowest BCUT2D eigenvalue weighted by molar-refractivity contribution is -0.125. The molecule has 1 saturated heterocycles. The summed E-state index contributed by atoms with van der Waals surface area (Å²) in [7, 11) is 0. The van der Waals surface area contributed by atoms with E-state index in [1.54, 1.807) is 0 Å².